The summed E-state index contributed by atoms with van der Waals surface area (Å²) in [7, 11) is 0. The van der Waals surface area contributed by atoms with Crippen LogP contribution in [0.1, 0.15) is 44.7 Å². The minimum Gasteiger partial charge on any atom is -0.393 e. The molecule has 2 aromatic carbocycles. The topological polar surface area (TPSA) is 57.2 Å². The van der Waals surface area contributed by atoms with Gasteiger partial charge in [0.2, 0.25) is 0 Å². The van der Waals surface area contributed by atoms with E-state index >= 15 is 0 Å². The van der Waals surface area contributed by atoms with E-state index in [1.165, 1.54) is 0 Å². The first kappa shape index (κ1) is 23.4. The zero-order valence-electron chi connectivity index (χ0n) is 19.4. The molecule has 0 aliphatic carbocycles. The smallest absolute Gasteiger partial charge is 0.178 e. The second-order valence-corrected chi connectivity index (χ2v) is 9.68. The third kappa shape index (κ3) is 4.92. The van der Waals surface area contributed by atoms with Crippen molar-refractivity contribution in [2.24, 2.45) is 11.3 Å². The number of rotatable bonds is 8. The first-order chi connectivity index (χ1) is 15.4. The van der Waals surface area contributed by atoms with E-state index in [9.17, 15) is 5.11 Å². The molecule has 2 aromatic rings. The molecule has 2 fully saturated rings. The Hall–Kier alpha value is -1.76. The SMILES string of the molecule is C[C@@H]1[C@H](O)C[C@]2(OC[C@H](OCc3ccccc3)C2(C)C)O[C@H]1CCOCc1ccccc1. The van der Waals surface area contributed by atoms with Gasteiger partial charge in [-0.1, -0.05) is 81.4 Å². The molecule has 0 saturated carbocycles. The van der Waals surface area contributed by atoms with Gasteiger partial charge in [0.1, 0.15) is 0 Å². The van der Waals surface area contributed by atoms with E-state index in [1.54, 1.807) is 0 Å². The fourth-order valence-electron chi connectivity index (χ4n) is 4.78. The highest BCUT2D eigenvalue weighted by molar-refractivity contribution is 5.14. The number of hydrogen-bond acceptors (Lipinski definition) is 5. The summed E-state index contributed by atoms with van der Waals surface area (Å²) in [5.74, 6) is -0.839. The number of aliphatic hydroxyl groups is 1. The fourth-order valence-corrected chi connectivity index (χ4v) is 4.78. The molecule has 1 N–H and O–H groups in total. The van der Waals surface area contributed by atoms with Crippen LogP contribution in [0.25, 0.3) is 0 Å². The molecule has 174 valence electrons. The van der Waals surface area contributed by atoms with Gasteiger partial charge in [-0.25, -0.2) is 0 Å². The number of benzene rings is 2. The van der Waals surface area contributed by atoms with Crippen LogP contribution in [-0.2, 0) is 32.2 Å². The Bertz CT molecular complexity index is 840. The molecular formula is C27H36O5. The van der Waals surface area contributed by atoms with Gasteiger partial charge in [-0.05, 0) is 17.5 Å². The molecule has 4 rings (SSSR count). The van der Waals surface area contributed by atoms with Crippen LogP contribution in [0.2, 0.25) is 0 Å². The predicted molar refractivity (Wildman–Crippen MR) is 123 cm³/mol. The second-order valence-electron chi connectivity index (χ2n) is 9.68. The average Bonchev–Trinajstić information content (AvgIpc) is 3.03. The maximum absolute atomic E-state index is 10.9. The van der Waals surface area contributed by atoms with E-state index in [0.29, 0.717) is 39.3 Å². The van der Waals surface area contributed by atoms with Crippen molar-refractivity contribution in [3.8, 4) is 0 Å². The molecular weight excluding hydrogens is 404 g/mol. The van der Waals surface area contributed by atoms with Crippen molar-refractivity contribution in [2.45, 2.75) is 70.9 Å². The maximum atomic E-state index is 10.9. The quantitative estimate of drug-likeness (QED) is 0.602. The molecule has 5 heteroatoms. The molecule has 1 spiro atoms. The normalized spacial score (nSPS) is 31.8. The molecule has 5 nitrogen and oxygen atoms in total. The molecule has 2 saturated heterocycles. The lowest BCUT2D eigenvalue weighted by Gasteiger charge is -2.50. The van der Waals surface area contributed by atoms with Crippen LogP contribution < -0.4 is 0 Å². The van der Waals surface area contributed by atoms with Gasteiger partial charge in [-0.15, -0.1) is 0 Å². The zero-order chi connectivity index (χ0) is 22.6. The largest absolute Gasteiger partial charge is 0.393 e. The lowest BCUT2D eigenvalue weighted by molar-refractivity contribution is -0.326. The van der Waals surface area contributed by atoms with Crippen molar-refractivity contribution < 1.29 is 24.1 Å². The first-order valence-electron chi connectivity index (χ1n) is 11.7. The standard InChI is InChI=1S/C27H36O5/c1-20-23(28)16-27(32-24(20)14-15-29-17-21-10-6-4-7-11-21)26(2,3)25(19-31-27)30-18-22-12-8-5-9-13-22/h4-13,20,23-25,28H,14-19H2,1-3H3/t20-,23-,24+,25+,27+/m1/s1. The zero-order valence-corrected chi connectivity index (χ0v) is 19.4. The minimum atomic E-state index is -0.857. The summed E-state index contributed by atoms with van der Waals surface area (Å²) >= 11 is 0. The first-order valence-corrected chi connectivity index (χ1v) is 11.7. The molecule has 2 aliphatic heterocycles. The lowest BCUT2D eigenvalue weighted by Crippen LogP contribution is -2.58. The molecule has 32 heavy (non-hydrogen) atoms. The van der Waals surface area contributed by atoms with E-state index in [4.69, 9.17) is 18.9 Å². The van der Waals surface area contributed by atoms with Gasteiger partial charge in [0, 0.05) is 24.4 Å². The van der Waals surface area contributed by atoms with Crippen LogP contribution >= 0.6 is 0 Å². The van der Waals surface area contributed by atoms with Crippen LogP contribution in [-0.4, -0.2) is 42.4 Å². The van der Waals surface area contributed by atoms with Gasteiger partial charge in [0.05, 0.1) is 38.1 Å². The Morgan fingerprint density at radius 2 is 1.59 bits per heavy atom. The monoisotopic (exact) mass is 440 g/mol. The molecule has 0 bridgehead atoms. The molecule has 0 radical (unpaired) electrons. The highest BCUT2D eigenvalue weighted by Gasteiger charge is 2.62. The van der Waals surface area contributed by atoms with Crippen LogP contribution in [0.15, 0.2) is 60.7 Å². The Kier molecular flexibility index (Phi) is 7.33. The van der Waals surface area contributed by atoms with Crippen molar-refractivity contribution in [2.75, 3.05) is 13.2 Å². The van der Waals surface area contributed by atoms with Gasteiger partial charge in [0.15, 0.2) is 5.79 Å². The number of hydrogen-bond donors (Lipinski definition) is 1. The summed E-state index contributed by atoms with van der Waals surface area (Å²) in [5, 5.41) is 10.9. The van der Waals surface area contributed by atoms with Gasteiger partial charge in [-0.2, -0.15) is 0 Å². The summed E-state index contributed by atoms with van der Waals surface area (Å²) in [4.78, 5) is 0. The van der Waals surface area contributed by atoms with E-state index in [2.05, 4.69) is 38.1 Å². The lowest BCUT2D eigenvalue weighted by atomic mass is 9.73. The summed E-state index contributed by atoms with van der Waals surface area (Å²) in [6.07, 6.45) is 0.421. The summed E-state index contributed by atoms with van der Waals surface area (Å²) < 4.78 is 25.1. The Morgan fingerprint density at radius 3 is 2.25 bits per heavy atom. The van der Waals surface area contributed by atoms with E-state index in [1.807, 2.05) is 43.3 Å². The van der Waals surface area contributed by atoms with Crippen molar-refractivity contribution in [3.05, 3.63) is 71.8 Å². The summed E-state index contributed by atoms with van der Waals surface area (Å²) in [6.45, 7) is 8.43. The molecule has 2 heterocycles. The minimum absolute atomic E-state index is 0.0182. The molecule has 0 aromatic heterocycles. The van der Waals surface area contributed by atoms with E-state index < -0.39 is 17.3 Å². The predicted octanol–water partition coefficient (Wildman–Crippen LogP) is 4.72. The van der Waals surface area contributed by atoms with Crippen LogP contribution in [0, 0.1) is 11.3 Å². The molecule has 0 unspecified atom stereocenters. The van der Waals surface area contributed by atoms with Gasteiger partial charge >= 0.3 is 0 Å². The fraction of sp³-hybridized carbons (Fsp3) is 0.556. The summed E-state index contributed by atoms with van der Waals surface area (Å²) in [5.41, 5.74) is 1.89. The van der Waals surface area contributed by atoms with E-state index in [0.717, 1.165) is 11.1 Å². The Balaban J connectivity index is 1.36. The van der Waals surface area contributed by atoms with Gasteiger partial charge in [0.25, 0.3) is 0 Å². The van der Waals surface area contributed by atoms with Crippen molar-refractivity contribution >= 4 is 0 Å². The van der Waals surface area contributed by atoms with Crippen molar-refractivity contribution in [1.29, 1.82) is 0 Å². The Morgan fingerprint density at radius 1 is 0.969 bits per heavy atom. The highest BCUT2D eigenvalue weighted by atomic mass is 16.7. The molecule has 2 aliphatic rings. The number of ether oxygens (including phenoxy) is 4. The highest BCUT2D eigenvalue weighted by Crippen LogP contribution is 2.52. The number of aliphatic hydroxyl groups excluding tert-OH is 1. The van der Waals surface area contributed by atoms with Gasteiger partial charge < -0.3 is 24.1 Å². The van der Waals surface area contributed by atoms with Crippen molar-refractivity contribution in [3.63, 3.8) is 0 Å². The Labute approximate surface area is 191 Å². The molecule has 5 atom stereocenters. The molecule has 0 amide bonds. The third-order valence-electron chi connectivity index (χ3n) is 7.22. The van der Waals surface area contributed by atoms with Crippen LogP contribution in [0.4, 0.5) is 0 Å². The van der Waals surface area contributed by atoms with Crippen LogP contribution in [0.3, 0.4) is 0 Å². The third-order valence-corrected chi connectivity index (χ3v) is 7.22. The average molecular weight is 441 g/mol. The van der Waals surface area contributed by atoms with Crippen LogP contribution in [0.5, 0.6) is 0 Å². The van der Waals surface area contributed by atoms with Crippen molar-refractivity contribution in [1.82, 2.24) is 0 Å². The van der Waals surface area contributed by atoms with Gasteiger partial charge in [-0.3, -0.25) is 0 Å². The summed E-state index contributed by atoms with van der Waals surface area (Å²) in [6, 6.07) is 20.3. The maximum Gasteiger partial charge on any atom is 0.178 e. The second kappa shape index (κ2) is 10.0. The van der Waals surface area contributed by atoms with E-state index in [-0.39, 0.29) is 18.1 Å².